The molecule has 3 N–H and O–H groups in total. The van der Waals surface area contributed by atoms with Crippen LogP contribution in [0.25, 0.3) is 0 Å². The number of methoxy groups -OCH3 is 1. The van der Waals surface area contributed by atoms with Crippen LogP contribution in [0.5, 0.6) is 5.75 Å². The molecule has 5 nitrogen and oxygen atoms in total. The van der Waals surface area contributed by atoms with Crippen LogP contribution in [0.3, 0.4) is 0 Å². The molecule has 1 aliphatic rings. The third kappa shape index (κ3) is 6.05. The van der Waals surface area contributed by atoms with E-state index in [1.54, 1.807) is 7.11 Å². The molecule has 0 radical (unpaired) electrons. The molecule has 1 aromatic carbocycles. The standard InChI is InChI=1S/C22H37N3O2/c1-5-7-9-18-11-10-17(8-6-2)14-25(15-18)21-13-20(24-16(3)26)19(23)12-22(21)27-4/h12-13,17-18H,5-11,14-15,23H2,1-4H3,(H,24,26). The lowest BCUT2D eigenvalue weighted by molar-refractivity contribution is -0.114. The van der Waals surface area contributed by atoms with Gasteiger partial charge in [0.15, 0.2) is 0 Å². The second-order valence-corrected chi connectivity index (χ2v) is 7.94. The summed E-state index contributed by atoms with van der Waals surface area (Å²) in [5.41, 5.74) is 8.37. The highest BCUT2D eigenvalue weighted by Crippen LogP contribution is 2.39. The molecule has 1 saturated heterocycles. The van der Waals surface area contributed by atoms with Crippen molar-refractivity contribution < 1.29 is 9.53 Å². The topological polar surface area (TPSA) is 67.6 Å². The third-order valence-corrected chi connectivity index (χ3v) is 5.61. The van der Waals surface area contributed by atoms with Crippen LogP contribution in [0.15, 0.2) is 12.1 Å². The minimum atomic E-state index is -0.113. The van der Waals surface area contributed by atoms with Gasteiger partial charge in [-0.15, -0.1) is 0 Å². The number of unbranched alkanes of at least 4 members (excludes halogenated alkanes) is 1. The van der Waals surface area contributed by atoms with Crippen molar-refractivity contribution in [2.75, 3.05) is 36.1 Å². The average Bonchev–Trinajstić information content (AvgIpc) is 2.83. The van der Waals surface area contributed by atoms with Crippen LogP contribution in [-0.4, -0.2) is 26.1 Å². The van der Waals surface area contributed by atoms with Gasteiger partial charge < -0.3 is 20.7 Å². The highest BCUT2D eigenvalue weighted by atomic mass is 16.5. The molecular formula is C22H37N3O2. The minimum absolute atomic E-state index is 0.113. The number of benzene rings is 1. The monoisotopic (exact) mass is 375 g/mol. The Morgan fingerprint density at radius 1 is 1.19 bits per heavy atom. The van der Waals surface area contributed by atoms with Crippen LogP contribution in [0.2, 0.25) is 0 Å². The lowest BCUT2D eigenvalue weighted by Crippen LogP contribution is -2.31. The summed E-state index contributed by atoms with van der Waals surface area (Å²) in [6, 6.07) is 3.82. The molecule has 5 heteroatoms. The molecule has 2 unspecified atom stereocenters. The number of carbonyl (C=O) groups is 1. The molecule has 2 atom stereocenters. The second kappa shape index (κ2) is 10.4. The lowest BCUT2D eigenvalue weighted by Gasteiger charge is -2.30. The molecule has 0 aliphatic carbocycles. The lowest BCUT2D eigenvalue weighted by atomic mass is 9.92. The number of ether oxygens (including phenoxy) is 1. The third-order valence-electron chi connectivity index (χ3n) is 5.61. The Labute approximate surface area is 164 Å². The molecule has 0 saturated carbocycles. The van der Waals surface area contributed by atoms with Crippen molar-refractivity contribution >= 4 is 23.0 Å². The Morgan fingerprint density at radius 3 is 2.41 bits per heavy atom. The van der Waals surface area contributed by atoms with Crippen molar-refractivity contribution in [3.63, 3.8) is 0 Å². The number of hydrogen-bond acceptors (Lipinski definition) is 4. The molecular weight excluding hydrogens is 338 g/mol. The largest absolute Gasteiger partial charge is 0.495 e. The normalized spacial score (nSPS) is 20.2. The van der Waals surface area contributed by atoms with Crippen LogP contribution >= 0.6 is 0 Å². The van der Waals surface area contributed by atoms with Crippen LogP contribution < -0.4 is 20.7 Å². The number of hydrogen-bond donors (Lipinski definition) is 2. The van der Waals surface area contributed by atoms with Crippen molar-refractivity contribution in [2.45, 2.75) is 65.7 Å². The van der Waals surface area contributed by atoms with Gasteiger partial charge in [0.05, 0.1) is 24.2 Å². The summed E-state index contributed by atoms with van der Waals surface area (Å²) >= 11 is 0. The molecule has 27 heavy (non-hydrogen) atoms. The van der Waals surface area contributed by atoms with Gasteiger partial charge in [-0.25, -0.2) is 0 Å². The zero-order valence-electron chi connectivity index (χ0n) is 17.5. The Balaban J connectivity index is 2.35. The summed E-state index contributed by atoms with van der Waals surface area (Å²) in [5, 5.41) is 2.86. The highest BCUT2D eigenvalue weighted by Gasteiger charge is 2.26. The van der Waals surface area contributed by atoms with Gasteiger partial charge in [0.2, 0.25) is 5.91 Å². The fraction of sp³-hybridized carbons (Fsp3) is 0.682. The predicted molar refractivity (Wildman–Crippen MR) is 115 cm³/mol. The fourth-order valence-corrected chi connectivity index (χ4v) is 4.21. The fourth-order valence-electron chi connectivity index (χ4n) is 4.21. The Kier molecular flexibility index (Phi) is 8.26. The first-order valence-electron chi connectivity index (χ1n) is 10.5. The predicted octanol–water partition coefficient (Wildman–Crippen LogP) is 5.06. The number of nitrogens with zero attached hydrogens (tertiary/aromatic N) is 1. The summed E-state index contributed by atoms with van der Waals surface area (Å²) in [6.07, 6.45) is 8.88. The summed E-state index contributed by atoms with van der Waals surface area (Å²) < 4.78 is 5.66. The number of amides is 1. The number of nitrogens with two attached hydrogens (primary N) is 1. The maximum absolute atomic E-state index is 11.6. The summed E-state index contributed by atoms with van der Waals surface area (Å²) in [5.74, 6) is 2.08. The molecule has 152 valence electrons. The van der Waals surface area contributed by atoms with Crippen LogP contribution in [0.1, 0.15) is 65.7 Å². The number of nitrogens with one attached hydrogen (secondary N) is 1. The van der Waals surface area contributed by atoms with E-state index in [-0.39, 0.29) is 5.91 Å². The van der Waals surface area contributed by atoms with Gasteiger partial charge in [-0.1, -0.05) is 33.1 Å². The maximum Gasteiger partial charge on any atom is 0.221 e. The second-order valence-electron chi connectivity index (χ2n) is 7.94. The van der Waals surface area contributed by atoms with Crippen molar-refractivity contribution in [2.24, 2.45) is 11.8 Å². The number of anilines is 3. The van der Waals surface area contributed by atoms with Gasteiger partial charge in [-0.2, -0.15) is 0 Å². The number of nitrogen functional groups attached to an aromatic ring is 1. The first-order valence-corrected chi connectivity index (χ1v) is 10.5. The smallest absolute Gasteiger partial charge is 0.221 e. The van der Waals surface area contributed by atoms with Crippen molar-refractivity contribution in [3.8, 4) is 5.75 Å². The van der Waals surface area contributed by atoms with Crippen LogP contribution in [0.4, 0.5) is 17.1 Å². The van der Waals surface area contributed by atoms with Gasteiger partial charge in [0.25, 0.3) is 0 Å². The molecule has 1 aromatic rings. The molecule has 1 heterocycles. The van der Waals surface area contributed by atoms with E-state index in [0.29, 0.717) is 23.2 Å². The Bertz CT molecular complexity index is 618. The number of carbonyl (C=O) groups excluding carboxylic acids is 1. The van der Waals surface area contributed by atoms with E-state index in [0.717, 1.165) is 24.5 Å². The van der Waals surface area contributed by atoms with E-state index in [9.17, 15) is 4.79 Å². The van der Waals surface area contributed by atoms with E-state index in [1.807, 2.05) is 12.1 Å². The minimum Gasteiger partial charge on any atom is -0.495 e. The van der Waals surface area contributed by atoms with Crippen LogP contribution in [-0.2, 0) is 4.79 Å². The number of rotatable bonds is 8. The molecule has 0 aromatic heterocycles. The molecule has 1 aliphatic heterocycles. The Hall–Kier alpha value is -1.91. The first kappa shape index (κ1) is 21.4. The summed E-state index contributed by atoms with van der Waals surface area (Å²) in [7, 11) is 1.69. The zero-order valence-corrected chi connectivity index (χ0v) is 17.5. The SMILES string of the molecule is CCCCC1CCC(CCC)CN(c2cc(NC(C)=O)c(N)cc2OC)C1. The maximum atomic E-state index is 11.6. The Morgan fingerprint density at radius 2 is 1.85 bits per heavy atom. The molecule has 1 fully saturated rings. The van der Waals surface area contributed by atoms with Gasteiger partial charge in [0.1, 0.15) is 5.75 Å². The van der Waals surface area contributed by atoms with Crippen molar-refractivity contribution in [1.82, 2.24) is 0 Å². The van der Waals surface area contributed by atoms with E-state index < -0.39 is 0 Å². The van der Waals surface area contributed by atoms with Gasteiger partial charge >= 0.3 is 0 Å². The summed E-state index contributed by atoms with van der Waals surface area (Å²) in [6.45, 7) is 8.11. The average molecular weight is 376 g/mol. The van der Waals surface area contributed by atoms with Gasteiger partial charge in [-0.3, -0.25) is 4.79 Å². The highest BCUT2D eigenvalue weighted by molar-refractivity contribution is 5.94. The first-order chi connectivity index (χ1) is 13.0. The molecule has 2 rings (SSSR count). The van der Waals surface area contributed by atoms with Crippen LogP contribution in [0, 0.1) is 11.8 Å². The van der Waals surface area contributed by atoms with E-state index in [2.05, 4.69) is 24.1 Å². The van der Waals surface area contributed by atoms with E-state index in [4.69, 9.17) is 10.5 Å². The zero-order chi connectivity index (χ0) is 19.8. The molecule has 0 bridgehead atoms. The quantitative estimate of drug-likeness (QED) is 0.623. The molecule has 0 spiro atoms. The van der Waals surface area contributed by atoms with Crippen molar-refractivity contribution in [1.29, 1.82) is 0 Å². The van der Waals surface area contributed by atoms with Gasteiger partial charge in [-0.05, 0) is 43.6 Å². The van der Waals surface area contributed by atoms with E-state index >= 15 is 0 Å². The van der Waals surface area contributed by atoms with E-state index in [1.165, 1.54) is 51.9 Å². The summed E-state index contributed by atoms with van der Waals surface area (Å²) in [4.78, 5) is 14.0. The molecule has 1 amide bonds. The van der Waals surface area contributed by atoms with Gasteiger partial charge in [0, 0.05) is 26.1 Å². The van der Waals surface area contributed by atoms with Crippen molar-refractivity contribution in [3.05, 3.63) is 12.1 Å².